The smallest absolute Gasteiger partial charge is 0.261 e. The number of para-hydroxylation sites is 2. The molecular formula is C24H26N4O4. The van der Waals surface area contributed by atoms with Crippen molar-refractivity contribution in [1.29, 1.82) is 0 Å². The average molecular weight is 434 g/mol. The second-order valence-corrected chi connectivity index (χ2v) is 7.87. The number of ether oxygens (including phenoxy) is 1. The Bertz CT molecular complexity index is 1230. The van der Waals surface area contributed by atoms with Gasteiger partial charge in [0.25, 0.3) is 11.5 Å². The van der Waals surface area contributed by atoms with Crippen LogP contribution in [0.2, 0.25) is 0 Å². The van der Waals surface area contributed by atoms with Crippen LogP contribution in [0.15, 0.2) is 47.3 Å². The summed E-state index contributed by atoms with van der Waals surface area (Å²) in [6.45, 7) is 0.777. The lowest BCUT2D eigenvalue weighted by Gasteiger charge is -2.24. The first-order valence-corrected chi connectivity index (χ1v) is 10.8. The summed E-state index contributed by atoms with van der Waals surface area (Å²) in [5, 5.41) is 0.494. The molecule has 0 radical (unpaired) electrons. The van der Waals surface area contributed by atoms with Gasteiger partial charge in [-0.15, -0.1) is 0 Å². The van der Waals surface area contributed by atoms with Crippen molar-refractivity contribution in [2.24, 2.45) is 5.73 Å². The van der Waals surface area contributed by atoms with Gasteiger partial charge in [-0.3, -0.25) is 19.0 Å². The maximum atomic E-state index is 13.5. The molecule has 1 aliphatic heterocycles. The van der Waals surface area contributed by atoms with Crippen LogP contribution in [0.5, 0.6) is 5.75 Å². The number of benzene rings is 2. The van der Waals surface area contributed by atoms with Gasteiger partial charge >= 0.3 is 0 Å². The molecule has 1 aromatic heterocycles. The third-order valence-corrected chi connectivity index (χ3v) is 5.77. The Kier molecular flexibility index (Phi) is 6.20. The number of rotatable bonds is 6. The van der Waals surface area contributed by atoms with E-state index in [1.807, 2.05) is 0 Å². The minimum absolute atomic E-state index is 0.00444. The molecule has 2 N–H and O–H groups in total. The molecule has 32 heavy (non-hydrogen) atoms. The number of methoxy groups -OCH3 is 1. The van der Waals surface area contributed by atoms with Crippen LogP contribution < -0.4 is 20.9 Å². The summed E-state index contributed by atoms with van der Waals surface area (Å²) in [5.41, 5.74) is 6.69. The van der Waals surface area contributed by atoms with Crippen molar-refractivity contribution in [3.05, 3.63) is 64.2 Å². The molecule has 0 aliphatic carbocycles. The van der Waals surface area contributed by atoms with Crippen LogP contribution in [-0.4, -0.2) is 35.0 Å². The molecule has 8 nitrogen and oxygen atoms in total. The van der Waals surface area contributed by atoms with Gasteiger partial charge in [-0.1, -0.05) is 18.6 Å². The van der Waals surface area contributed by atoms with Gasteiger partial charge in [0.15, 0.2) is 0 Å². The predicted molar refractivity (Wildman–Crippen MR) is 122 cm³/mol. The Morgan fingerprint density at radius 1 is 1.16 bits per heavy atom. The number of aromatic nitrogens is 2. The Hall–Kier alpha value is -3.68. The number of fused-ring (bicyclic) bond motifs is 2. The van der Waals surface area contributed by atoms with Crippen molar-refractivity contribution >= 4 is 28.4 Å². The lowest BCUT2D eigenvalue weighted by molar-refractivity contribution is -0.117. The van der Waals surface area contributed by atoms with E-state index in [4.69, 9.17) is 15.5 Å². The third-order valence-electron chi connectivity index (χ3n) is 5.77. The SMILES string of the molecule is COc1ccccc1N(CCC(N)=O)C(=O)c1ccc2c(=O)n3c(nc2c1)CCCCC3. The molecule has 0 spiro atoms. The van der Waals surface area contributed by atoms with E-state index in [2.05, 4.69) is 0 Å². The number of anilines is 1. The predicted octanol–water partition coefficient (Wildman–Crippen LogP) is 2.65. The molecule has 1 aliphatic rings. The quantitative estimate of drug-likeness (QED) is 0.642. The number of nitrogens with two attached hydrogens (primary N) is 1. The van der Waals surface area contributed by atoms with E-state index in [0.717, 1.165) is 31.5 Å². The van der Waals surface area contributed by atoms with Crippen LogP contribution in [0, 0.1) is 0 Å². The highest BCUT2D eigenvalue weighted by Crippen LogP contribution is 2.29. The maximum Gasteiger partial charge on any atom is 0.261 e. The highest BCUT2D eigenvalue weighted by atomic mass is 16.5. The Balaban J connectivity index is 1.77. The second-order valence-electron chi connectivity index (χ2n) is 7.87. The Morgan fingerprint density at radius 3 is 2.75 bits per heavy atom. The molecule has 4 rings (SSSR count). The lowest BCUT2D eigenvalue weighted by atomic mass is 10.1. The number of carbonyl (C=O) groups excluding carboxylic acids is 2. The third kappa shape index (κ3) is 4.21. The van der Waals surface area contributed by atoms with Crippen LogP contribution in [0.25, 0.3) is 10.9 Å². The molecule has 8 heteroatoms. The molecular weight excluding hydrogens is 408 g/mol. The molecule has 0 saturated carbocycles. The lowest BCUT2D eigenvalue weighted by Crippen LogP contribution is -2.34. The summed E-state index contributed by atoms with van der Waals surface area (Å²) < 4.78 is 7.17. The van der Waals surface area contributed by atoms with E-state index in [1.54, 1.807) is 47.0 Å². The van der Waals surface area contributed by atoms with Crippen molar-refractivity contribution in [3.63, 3.8) is 0 Å². The van der Waals surface area contributed by atoms with E-state index in [-0.39, 0.29) is 24.4 Å². The van der Waals surface area contributed by atoms with Gasteiger partial charge in [-0.25, -0.2) is 4.98 Å². The molecule has 2 aromatic carbocycles. The van der Waals surface area contributed by atoms with E-state index >= 15 is 0 Å². The standard InChI is InChI=1S/C24H26N4O4/c1-32-20-8-5-4-7-19(20)27(14-12-21(25)29)23(30)16-10-11-17-18(15-16)26-22-9-3-2-6-13-28(22)24(17)31/h4-5,7-8,10-11,15H,2-3,6,9,12-14H2,1H3,(H2,25,29). The van der Waals surface area contributed by atoms with Gasteiger partial charge in [0.1, 0.15) is 11.6 Å². The largest absolute Gasteiger partial charge is 0.495 e. The van der Waals surface area contributed by atoms with Gasteiger partial charge in [-0.05, 0) is 43.2 Å². The molecule has 0 atom stereocenters. The summed E-state index contributed by atoms with van der Waals surface area (Å²) in [6.07, 6.45) is 3.77. The number of primary amides is 1. The van der Waals surface area contributed by atoms with E-state index < -0.39 is 5.91 Å². The van der Waals surface area contributed by atoms with Gasteiger partial charge < -0.3 is 15.4 Å². The molecule has 0 saturated heterocycles. The van der Waals surface area contributed by atoms with Gasteiger partial charge in [0.2, 0.25) is 5.91 Å². The van der Waals surface area contributed by atoms with Gasteiger partial charge in [0, 0.05) is 31.5 Å². The van der Waals surface area contributed by atoms with Crippen molar-refractivity contribution < 1.29 is 14.3 Å². The number of amides is 2. The highest BCUT2D eigenvalue weighted by Gasteiger charge is 2.23. The first kappa shape index (κ1) is 21.5. The topological polar surface area (TPSA) is 108 Å². The molecule has 0 bridgehead atoms. The number of carbonyl (C=O) groups is 2. The normalized spacial score (nSPS) is 13.3. The first-order chi connectivity index (χ1) is 15.5. The minimum Gasteiger partial charge on any atom is -0.495 e. The molecule has 3 aromatic rings. The Morgan fingerprint density at radius 2 is 1.97 bits per heavy atom. The van der Waals surface area contributed by atoms with Crippen LogP contribution in [0.4, 0.5) is 5.69 Å². The van der Waals surface area contributed by atoms with E-state index in [9.17, 15) is 14.4 Å². The van der Waals surface area contributed by atoms with Gasteiger partial charge in [0.05, 0.1) is 23.7 Å². The maximum absolute atomic E-state index is 13.5. The zero-order valence-corrected chi connectivity index (χ0v) is 18.0. The molecule has 2 amide bonds. The highest BCUT2D eigenvalue weighted by molar-refractivity contribution is 6.08. The van der Waals surface area contributed by atoms with Crippen LogP contribution in [0.3, 0.4) is 0 Å². The minimum atomic E-state index is -0.506. The van der Waals surface area contributed by atoms with Crippen molar-refractivity contribution in [1.82, 2.24) is 9.55 Å². The first-order valence-electron chi connectivity index (χ1n) is 10.8. The molecule has 2 heterocycles. The number of nitrogens with zero attached hydrogens (tertiary/aromatic N) is 3. The van der Waals surface area contributed by atoms with E-state index in [1.165, 1.54) is 12.0 Å². The van der Waals surface area contributed by atoms with Crippen molar-refractivity contribution in [3.8, 4) is 5.75 Å². The molecule has 0 unspecified atom stereocenters. The van der Waals surface area contributed by atoms with Crippen LogP contribution in [-0.2, 0) is 17.8 Å². The van der Waals surface area contributed by atoms with E-state index in [0.29, 0.717) is 34.4 Å². The number of hydrogen-bond donors (Lipinski definition) is 1. The second kappa shape index (κ2) is 9.21. The fourth-order valence-electron chi connectivity index (χ4n) is 4.11. The summed E-state index contributed by atoms with van der Waals surface area (Å²) in [4.78, 5) is 44.1. The zero-order chi connectivity index (χ0) is 22.7. The summed E-state index contributed by atoms with van der Waals surface area (Å²) in [5.74, 6) is 0.441. The number of hydrogen-bond acceptors (Lipinski definition) is 5. The fourth-order valence-corrected chi connectivity index (χ4v) is 4.11. The van der Waals surface area contributed by atoms with Gasteiger partial charge in [-0.2, -0.15) is 0 Å². The van der Waals surface area contributed by atoms with Crippen molar-refractivity contribution in [2.45, 2.75) is 38.6 Å². The summed E-state index contributed by atoms with van der Waals surface area (Å²) >= 11 is 0. The van der Waals surface area contributed by atoms with Crippen LogP contribution in [0.1, 0.15) is 41.9 Å². The molecule has 166 valence electrons. The monoisotopic (exact) mass is 434 g/mol. The molecule has 0 fully saturated rings. The van der Waals surface area contributed by atoms with Crippen molar-refractivity contribution in [2.75, 3.05) is 18.6 Å². The summed E-state index contributed by atoms with van der Waals surface area (Å²) in [7, 11) is 1.52. The van der Waals surface area contributed by atoms with Crippen LogP contribution >= 0.6 is 0 Å². The summed E-state index contributed by atoms with van der Waals surface area (Å²) in [6, 6.07) is 12.0. The number of aryl methyl sites for hydroxylation is 1. The fraction of sp³-hybridized carbons (Fsp3) is 0.333. The zero-order valence-electron chi connectivity index (χ0n) is 18.0. The Labute approximate surface area is 185 Å². The average Bonchev–Trinajstić information content (AvgIpc) is 3.04.